The molecule has 1 atom stereocenters. The highest BCUT2D eigenvalue weighted by atomic mass is 16.7. The van der Waals surface area contributed by atoms with Crippen molar-refractivity contribution in [3.8, 4) is 11.8 Å². The van der Waals surface area contributed by atoms with Crippen molar-refractivity contribution in [3.05, 3.63) is 24.0 Å². The largest absolute Gasteiger partial charge is 0.461 e. The summed E-state index contributed by atoms with van der Waals surface area (Å²) in [7, 11) is 1.61. The van der Waals surface area contributed by atoms with Crippen LogP contribution in [0.4, 0.5) is 0 Å². The molecule has 0 N–H and O–H groups in total. The Hall–Kier alpha value is -1.24. The van der Waals surface area contributed by atoms with Crippen molar-refractivity contribution >= 4 is 0 Å². The zero-order valence-corrected chi connectivity index (χ0v) is 8.45. The van der Waals surface area contributed by atoms with Crippen LogP contribution in [0.25, 0.3) is 0 Å². The fraction of sp³-hybridized carbons (Fsp3) is 0.455. The van der Waals surface area contributed by atoms with Gasteiger partial charge in [-0.3, -0.25) is 0 Å². The Morgan fingerprint density at radius 2 is 2.50 bits per heavy atom. The third kappa shape index (κ3) is 3.65. The van der Waals surface area contributed by atoms with Crippen LogP contribution in [0.15, 0.2) is 24.0 Å². The maximum absolute atomic E-state index is 5.37. The second-order valence-electron chi connectivity index (χ2n) is 2.60. The normalized spacial score (nSPS) is 21.9. The Morgan fingerprint density at radius 1 is 1.64 bits per heavy atom. The van der Waals surface area contributed by atoms with Gasteiger partial charge in [0.15, 0.2) is 0 Å². The zero-order valence-electron chi connectivity index (χ0n) is 8.45. The average molecular weight is 194 g/mol. The first-order chi connectivity index (χ1) is 6.86. The van der Waals surface area contributed by atoms with Gasteiger partial charge >= 0.3 is 0 Å². The Morgan fingerprint density at radius 3 is 3.21 bits per heavy atom. The van der Waals surface area contributed by atoms with Crippen molar-refractivity contribution in [2.75, 3.05) is 20.3 Å². The molecule has 0 amide bonds. The van der Waals surface area contributed by atoms with Crippen LogP contribution >= 0.6 is 0 Å². The standard InChI is InChI=1S/C11H14O3/c1-3-13-11-8-7-10(14-11)6-4-5-9-12-2/h6-8,11H,3,9H2,1-2H3/b10-6+. The monoisotopic (exact) mass is 194 g/mol. The number of hydrogen-bond donors (Lipinski definition) is 0. The number of methoxy groups -OCH3 is 1. The van der Waals surface area contributed by atoms with Crippen molar-refractivity contribution in [1.29, 1.82) is 0 Å². The predicted molar refractivity (Wildman–Crippen MR) is 53.4 cm³/mol. The number of allylic oxidation sites excluding steroid dienone is 2. The van der Waals surface area contributed by atoms with E-state index in [1.807, 2.05) is 19.1 Å². The van der Waals surface area contributed by atoms with E-state index in [-0.39, 0.29) is 6.29 Å². The highest BCUT2D eigenvalue weighted by Gasteiger charge is 2.12. The van der Waals surface area contributed by atoms with Gasteiger partial charge in [0.25, 0.3) is 0 Å². The molecule has 14 heavy (non-hydrogen) atoms. The third-order valence-electron chi connectivity index (χ3n) is 1.53. The highest BCUT2D eigenvalue weighted by Crippen LogP contribution is 2.14. The summed E-state index contributed by atoms with van der Waals surface area (Å²) in [4.78, 5) is 0. The molecule has 0 aliphatic carbocycles. The van der Waals surface area contributed by atoms with Crippen molar-refractivity contribution in [3.63, 3.8) is 0 Å². The number of ether oxygens (including phenoxy) is 3. The number of rotatable bonds is 3. The van der Waals surface area contributed by atoms with E-state index in [0.717, 1.165) is 5.76 Å². The minimum absolute atomic E-state index is 0.254. The fourth-order valence-electron chi connectivity index (χ4n) is 0.958. The summed E-state index contributed by atoms with van der Waals surface area (Å²) in [5.74, 6) is 6.36. The number of hydrogen-bond acceptors (Lipinski definition) is 3. The van der Waals surface area contributed by atoms with E-state index in [1.165, 1.54) is 0 Å². The topological polar surface area (TPSA) is 27.7 Å². The van der Waals surface area contributed by atoms with E-state index in [0.29, 0.717) is 13.2 Å². The third-order valence-corrected chi connectivity index (χ3v) is 1.53. The van der Waals surface area contributed by atoms with Crippen molar-refractivity contribution in [2.45, 2.75) is 13.2 Å². The summed E-state index contributed by atoms with van der Waals surface area (Å²) in [6.07, 6.45) is 5.15. The van der Waals surface area contributed by atoms with E-state index in [1.54, 1.807) is 13.2 Å². The summed E-state index contributed by atoms with van der Waals surface area (Å²) >= 11 is 0. The molecule has 0 spiro atoms. The summed E-state index contributed by atoms with van der Waals surface area (Å²) < 4.78 is 15.4. The lowest BCUT2D eigenvalue weighted by atomic mass is 10.4. The Kier molecular flexibility index (Phi) is 4.84. The molecule has 0 bridgehead atoms. The van der Waals surface area contributed by atoms with Crippen molar-refractivity contribution in [1.82, 2.24) is 0 Å². The van der Waals surface area contributed by atoms with Gasteiger partial charge in [-0.15, -0.1) is 0 Å². The summed E-state index contributed by atoms with van der Waals surface area (Å²) in [6.45, 7) is 3.00. The average Bonchev–Trinajstić information content (AvgIpc) is 2.61. The lowest BCUT2D eigenvalue weighted by Crippen LogP contribution is -2.08. The van der Waals surface area contributed by atoms with Gasteiger partial charge in [-0.1, -0.05) is 11.8 Å². The molecule has 1 rings (SSSR count). The second-order valence-corrected chi connectivity index (χ2v) is 2.60. The van der Waals surface area contributed by atoms with Crippen LogP contribution < -0.4 is 0 Å². The molecule has 0 saturated carbocycles. The molecule has 1 aliphatic rings. The van der Waals surface area contributed by atoms with E-state index in [9.17, 15) is 0 Å². The van der Waals surface area contributed by atoms with Gasteiger partial charge in [0.05, 0.1) is 0 Å². The molecule has 1 unspecified atom stereocenters. The van der Waals surface area contributed by atoms with E-state index in [4.69, 9.17) is 14.2 Å². The summed E-state index contributed by atoms with van der Waals surface area (Å²) in [5.41, 5.74) is 0. The first kappa shape index (κ1) is 10.8. The molecule has 0 saturated heterocycles. The lowest BCUT2D eigenvalue weighted by Gasteiger charge is -2.08. The van der Waals surface area contributed by atoms with E-state index in [2.05, 4.69) is 11.8 Å². The van der Waals surface area contributed by atoms with E-state index >= 15 is 0 Å². The van der Waals surface area contributed by atoms with Gasteiger partial charge in [0, 0.05) is 19.8 Å². The van der Waals surface area contributed by atoms with Crippen molar-refractivity contribution < 1.29 is 14.2 Å². The maximum atomic E-state index is 5.37. The molecule has 1 heterocycles. The smallest absolute Gasteiger partial charge is 0.220 e. The molecule has 0 aromatic rings. The van der Waals surface area contributed by atoms with Crippen molar-refractivity contribution in [2.24, 2.45) is 0 Å². The zero-order chi connectivity index (χ0) is 10.2. The molecule has 3 heteroatoms. The van der Waals surface area contributed by atoms with Gasteiger partial charge in [-0.05, 0) is 19.1 Å². The molecule has 3 nitrogen and oxygen atoms in total. The quantitative estimate of drug-likeness (QED) is 0.637. The first-order valence-corrected chi connectivity index (χ1v) is 4.50. The Bertz CT molecular complexity index is 281. The minimum atomic E-state index is -0.254. The van der Waals surface area contributed by atoms with Crippen LogP contribution in [0.1, 0.15) is 6.92 Å². The van der Waals surface area contributed by atoms with Gasteiger partial charge in [0.2, 0.25) is 6.29 Å². The molecule has 1 aliphatic heterocycles. The van der Waals surface area contributed by atoms with Crippen LogP contribution in [0.3, 0.4) is 0 Å². The molecule has 76 valence electrons. The highest BCUT2D eigenvalue weighted by molar-refractivity contribution is 5.27. The van der Waals surface area contributed by atoms with Gasteiger partial charge in [-0.25, -0.2) is 0 Å². The lowest BCUT2D eigenvalue weighted by molar-refractivity contribution is -0.0660. The van der Waals surface area contributed by atoms with Crippen LogP contribution in [0.2, 0.25) is 0 Å². The molecule has 0 aromatic carbocycles. The van der Waals surface area contributed by atoms with Gasteiger partial charge < -0.3 is 14.2 Å². The minimum Gasteiger partial charge on any atom is -0.461 e. The van der Waals surface area contributed by atoms with E-state index < -0.39 is 0 Å². The second kappa shape index (κ2) is 6.25. The fourth-order valence-corrected chi connectivity index (χ4v) is 0.958. The van der Waals surface area contributed by atoms with Gasteiger partial charge in [0.1, 0.15) is 12.4 Å². The van der Waals surface area contributed by atoms with Crippen LogP contribution in [0, 0.1) is 11.8 Å². The Balaban J connectivity index is 2.36. The van der Waals surface area contributed by atoms with Gasteiger partial charge in [-0.2, -0.15) is 0 Å². The molecule has 0 fully saturated rings. The predicted octanol–water partition coefficient (Wildman–Crippen LogP) is 1.47. The van der Waals surface area contributed by atoms with Crippen LogP contribution in [-0.2, 0) is 14.2 Å². The molecule has 0 radical (unpaired) electrons. The maximum Gasteiger partial charge on any atom is 0.220 e. The van der Waals surface area contributed by atoms with Crippen LogP contribution in [-0.4, -0.2) is 26.6 Å². The Labute approximate surface area is 84.3 Å². The molecular formula is C11H14O3. The summed E-state index contributed by atoms with van der Waals surface area (Å²) in [6, 6.07) is 0. The molecule has 0 aromatic heterocycles. The SMILES string of the molecule is CCOC1C=C/C(=C\C#CCOC)O1. The summed E-state index contributed by atoms with van der Waals surface area (Å²) in [5, 5.41) is 0. The molecular weight excluding hydrogens is 180 g/mol. The van der Waals surface area contributed by atoms with Crippen LogP contribution in [0.5, 0.6) is 0 Å². The first-order valence-electron chi connectivity index (χ1n) is 4.50.